The van der Waals surface area contributed by atoms with Crippen LogP contribution in [0.4, 0.5) is 0 Å². The van der Waals surface area contributed by atoms with Gasteiger partial charge in [0.05, 0.1) is 31.9 Å². The maximum atomic E-state index is 11.9. The summed E-state index contributed by atoms with van der Waals surface area (Å²) >= 11 is 0. The number of halogens is 1. The van der Waals surface area contributed by atoms with E-state index < -0.39 is 0 Å². The molecule has 0 amide bonds. The number of nitrogens with one attached hydrogen (secondary N) is 1. The first-order valence-corrected chi connectivity index (χ1v) is 13.5. The van der Waals surface area contributed by atoms with Gasteiger partial charge in [0, 0.05) is 0 Å². The van der Waals surface area contributed by atoms with Gasteiger partial charge in [0.25, 0.3) is 0 Å². The Balaban J connectivity index is 0.00000370. The Morgan fingerprint density at radius 2 is 1.55 bits per heavy atom. The monoisotopic (exact) mass is 557 g/mol. The van der Waals surface area contributed by atoms with Crippen molar-refractivity contribution in [1.29, 1.82) is 0 Å². The minimum Gasteiger partial charge on any atom is -0.489 e. The van der Waals surface area contributed by atoms with Crippen molar-refractivity contribution >= 4 is 18.4 Å². The number of esters is 1. The predicted octanol–water partition coefficient (Wildman–Crippen LogP) is 6.66. The zero-order valence-corrected chi connectivity index (χ0v) is 23.6. The van der Waals surface area contributed by atoms with Crippen LogP contribution >= 0.6 is 12.4 Å². The van der Waals surface area contributed by atoms with Crippen LogP contribution in [0.1, 0.15) is 49.8 Å². The lowest BCUT2D eigenvalue weighted by atomic mass is 9.96. The number of carbonyl (C=O) groups excluding carboxylic acids is 1. The average Bonchev–Trinajstić information content (AvgIpc) is 3.00. The van der Waals surface area contributed by atoms with E-state index in [4.69, 9.17) is 14.2 Å². The van der Waals surface area contributed by atoms with Gasteiger partial charge in [-0.2, -0.15) is 0 Å². The van der Waals surface area contributed by atoms with Crippen LogP contribution < -0.4 is 10.1 Å². The Labute approximate surface area is 242 Å². The molecule has 1 atom stereocenters. The molecule has 0 bridgehead atoms. The molecule has 0 aliphatic carbocycles. The molecule has 1 aliphatic rings. The van der Waals surface area contributed by atoms with Crippen LogP contribution in [0.15, 0.2) is 97.1 Å². The Morgan fingerprint density at radius 3 is 2.33 bits per heavy atom. The van der Waals surface area contributed by atoms with Gasteiger partial charge in [-0.15, -0.1) is 12.4 Å². The minimum atomic E-state index is -0.330. The number of aryl methyl sites for hydroxylation is 2. The van der Waals surface area contributed by atoms with Gasteiger partial charge in [0.2, 0.25) is 0 Å². The quantitative estimate of drug-likeness (QED) is 0.209. The molecule has 4 aromatic rings. The first-order chi connectivity index (χ1) is 19.2. The number of ether oxygens (including phenoxy) is 3. The average molecular weight is 558 g/mol. The molecule has 0 spiro atoms. The van der Waals surface area contributed by atoms with Crippen LogP contribution in [0, 0.1) is 0 Å². The molecule has 5 nitrogen and oxygen atoms in total. The number of carbonyl (C=O) groups is 1. The molecular weight excluding hydrogens is 522 g/mol. The highest BCUT2D eigenvalue weighted by molar-refractivity contribution is 5.89. The van der Waals surface area contributed by atoms with E-state index in [-0.39, 0.29) is 24.4 Å². The molecule has 1 unspecified atom stereocenters. The van der Waals surface area contributed by atoms with Crippen molar-refractivity contribution in [2.75, 3.05) is 20.3 Å². The highest BCUT2D eigenvalue weighted by Crippen LogP contribution is 2.27. The summed E-state index contributed by atoms with van der Waals surface area (Å²) in [4.78, 5) is 11.9. The van der Waals surface area contributed by atoms with Gasteiger partial charge >= 0.3 is 5.97 Å². The fourth-order valence-electron chi connectivity index (χ4n) is 4.99. The lowest BCUT2D eigenvalue weighted by Gasteiger charge is -2.27. The molecule has 0 saturated carbocycles. The predicted molar refractivity (Wildman–Crippen MR) is 160 cm³/mol. The molecule has 6 heteroatoms. The molecular formula is C34H36ClNO4. The van der Waals surface area contributed by atoms with E-state index in [0.29, 0.717) is 25.4 Å². The number of hydrogen-bond donors (Lipinski definition) is 1. The number of para-hydroxylation sites is 1. The maximum absolute atomic E-state index is 11.9. The van der Waals surface area contributed by atoms with Gasteiger partial charge in [-0.25, -0.2) is 4.79 Å². The van der Waals surface area contributed by atoms with Crippen LogP contribution in [0.25, 0.3) is 0 Å². The second kappa shape index (κ2) is 14.7. The molecule has 0 saturated heterocycles. The molecule has 0 fully saturated rings. The summed E-state index contributed by atoms with van der Waals surface area (Å²) in [6.07, 6.45) is 2.91. The van der Waals surface area contributed by atoms with Crippen molar-refractivity contribution in [3.63, 3.8) is 0 Å². The van der Waals surface area contributed by atoms with Gasteiger partial charge in [-0.1, -0.05) is 78.9 Å². The van der Waals surface area contributed by atoms with Crippen LogP contribution in [0.3, 0.4) is 0 Å². The van der Waals surface area contributed by atoms with Crippen LogP contribution in [-0.2, 0) is 41.9 Å². The lowest BCUT2D eigenvalue weighted by Crippen LogP contribution is -2.31. The van der Waals surface area contributed by atoms with Gasteiger partial charge in [-0.3, -0.25) is 0 Å². The highest BCUT2D eigenvalue weighted by atomic mass is 35.5. The summed E-state index contributed by atoms with van der Waals surface area (Å²) in [5.74, 6) is 0.582. The largest absolute Gasteiger partial charge is 0.489 e. The number of fused-ring (bicyclic) bond motifs is 1. The molecule has 0 radical (unpaired) electrons. The topological polar surface area (TPSA) is 56.8 Å². The Morgan fingerprint density at radius 1 is 0.850 bits per heavy atom. The van der Waals surface area contributed by atoms with Crippen molar-refractivity contribution in [3.8, 4) is 5.75 Å². The molecule has 5 rings (SSSR count). The van der Waals surface area contributed by atoms with E-state index in [9.17, 15) is 4.79 Å². The smallest absolute Gasteiger partial charge is 0.337 e. The number of rotatable bonds is 11. The summed E-state index contributed by atoms with van der Waals surface area (Å²) in [6.45, 7) is 2.42. The fourth-order valence-corrected chi connectivity index (χ4v) is 4.99. The third-order valence-electron chi connectivity index (χ3n) is 7.20. The van der Waals surface area contributed by atoms with Crippen molar-refractivity contribution in [2.45, 2.75) is 38.5 Å². The Hall–Kier alpha value is -3.64. The number of benzene rings is 4. The molecule has 4 aromatic carbocycles. The van der Waals surface area contributed by atoms with E-state index in [1.54, 1.807) is 0 Å². The minimum absolute atomic E-state index is 0. The van der Waals surface area contributed by atoms with Crippen molar-refractivity contribution < 1.29 is 19.0 Å². The van der Waals surface area contributed by atoms with Crippen LogP contribution in [0.5, 0.6) is 5.75 Å². The van der Waals surface area contributed by atoms with Crippen molar-refractivity contribution in [3.05, 3.63) is 136 Å². The first-order valence-electron chi connectivity index (χ1n) is 13.5. The standard InChI is InChI=1S/C34H35NO4.ClH/c1-37-34(36)29-17-18-31-30(21-29)23-38-24-32(31)35-20-19-28-9-5-6-10-33(28)39-22-27-15-13-26(14-16-27)12-11-25-7-3-2-4-8-25;/h2-10,13-18,21,32,35H,11-12,19-20,22-24H2,1H3;1H. The van der Waals surface area contributed by atoms with E-state index in [1.807, 2.05) is 30.3 Å². The normalized spacial score (nSPS) is 14.1. The molecule has 208 valence electrons. The van der Waals surface area contributed by atoms with Crippen molar-refractivity contribution in [2.24, 2.45) is 0 Å². The van der Waals surface area contributed by atoms with Gasteiger partial charge in [0.1, 0.15) is 12.4 Å². The summed E-state index contributed by atoms with van der Waals surface area (Å²) in [5.41, 5.74) is 7.78. The van der Waals surface area contributed by atoms with E-state index in [0.717, 1.165) is 42.7 Å². The molecule has 0 aromatic heterocycles. The highest BCUT2D eigenvalue weighted by Gasteiger charge is 2.22. The summed E-state index contributed by atoms with van der Waals surface area (Å²) in [7, 11) is 1.40. The van der Waals surface area contributed by atoms with E-state index in [2.05, 4.69) is 72.0 Å². The molecule has 1 N–H and O–H groups in total. The lowest BCUT2D eigenvalue weighted by molar-refractivity contribution is 0.0598. The third-order valence-corrected chi connectivity index (χ3v) is 7.20. The first kappa shape index (κ1) is 29.3. The van der Waals surface area contributed by atoms with Gasteiger partial charge in [0.15, 0.2) is 0 Å². The molecule has 1 heterocycles. The van der Waals surface area contributed by atoms with Crippen molar-refractivity contribution in [1.82, 2.24) is 5.32 Å². The summed E-state index contributed by atoms with van der Waals surface area (Å²) in [6, 6.07) is 33.3. The van der Waals surface area contributed by atoms with Gasteiger partial charge in [-0.05, 0) is 77.4 Å². The van der Waals surface area contributed by atoms with Gasteiger partial charge < -0.3 is 19.5 Å². The SMILES string of the molecule is COC(=O)c1ccc2c(c1)COCC2NCCc1ccccc1OCc1ccc(CCc2ccccc2)cc1.Cl. The second-order valence-corrected chi connectivity index (χ2v) is 9.88. The molecule has 1 aliphatic heterocycles. The zero-order valence-electron chi connectivity index (χ0n) is 22.8. The fraction of sp³-hybridized carbons (Fsp3) is 0.265. The maximum Gasteiger partial charge on any atom is 0.337 e. The number of hydrogen-bond acceptors (Lipinski definition) is 5. The Bertz CT molecular complexity index is 1370. The zero-order chi connectivity index (χ0) is 26.9. The summed E-state index contributed by atoms with van der Waals surface area (Å²) in [5, 5.41) is 3.62. The summed E-state index contributed by atoms with van der Waals surface area (Å²) < 4.78 is 16.9. The van der Waals surface area contributed by atoms with E-state index in [1.165, 1.54) is 29.4 Å². The second-order valence-electron chi connectivity index (χ2n) is 9.88. The number of methoxy groups -OCH3 is 1. The van der Waals surface area contributed by atoms with Crippen LogP contribution in [0.2, 0.25) is 0 Å². The third kappa shape index (κ3) is 7.72. The Kier molecular flexibility index (Phi) is 10.8. The molecule has 40 heavy (non-hydrogen) atoms. The van der Waals surface area contributed by atoms with Crippen LogP contribution in [-0.4, -0.2) is 26.2 Å². The van der Waals surface area contributed by atoms with E-state index >= 15 is 0 Å².